The second kappa shape index (κ2) is 5.54. The van der Waals surface area contributed by atoms with E-state index in [4.69, 9.17) is 4.74 Å². The zero-order valence-corrected chi connectivity index (χ0v) is 13.3. The van der Waals surface area contributed by atoms with Crippen molar-refractivity contribution in [3.8, 4) is 5.75 Å². The molecule has 2 heterocycles. The van der Waals surface area contributed by atoms with Crippen LogP contribution in [0.4, 0.5) is 11.5 Å². The van der Waals surface area contributed by atoms with Crippen molar-refractivity contribution in [1.82, 2.24) is 4.98 Å². The Hall–Kier alpha value is -2.61. The second-order valence-corrected chi connectivity index (χ2v) is 6.92. The number of hydrogen-bond donors (Lipinski definition) is 2. The lowest BCUT2D eigenvalue weighted by molar-refractivity contribution is -0.122. The van der Waals surface area contributed by atoms with Crippen LogP contribution in [-0.4, -0.2) is 25.4 Å². The van der Waals surface area contributed by atoms with Gasteiger partial charge in [-0.3, -0.25) is 9.52 Å². The highest BCUT2D eigenvalue weighted by Gasteiger charge is 2.25. The average molecular weight is 333 g/mol. The Morgan fingerprint density at radius 1 is 1.26 bits per heavy atom. The lowest BCUT2D eigenvalue weighted by atomic mass is 10.2. The van der Waals surface area contributed by atoms with Gasteiger partial charge in [0.1, 0.15) is 11.6 Å². The largest absolute Gasteiger partial charge is 0.479 e. The van der Waals surface area contributed by atoms with Crippen LogP contribution in [0.3, 0.4) is 0 Å². The number of carbonyl (C=O) groups is 1. The predicted molar refractivity (Wildman–Crippen MR) is 84.9 cm³/mol. The zero-order chi connectivity index (χ0) is 16.6. The van der Waals surface area contributed by atoms with E-state index in [0.717, 1.165) is 5.56 Å². The summed E-state index contributed by atoms with van der Waals surface area (Å²) in [6.45, 7) is 3.45. The van der Waals surface area contributed by atoms with Gasteiger partial charge in [0.05, 0.1) is 10.6 Å². The Labute approximate surface area is 133 Å². The molecule has 0 saturated carbocycles. The van der Waals surface area contributed by atoms with Crippen molar-refractivity contribution in [2.45, 2.75) is 24.8 Å². The van der Waals surface area contributed by atoms with Gasteiger partial charge in [0.15, 0.2) is 6.10 Å². The topological polar surface area (TPSA) is 97.4 Å². The first-order valence-corrected chi connectivity index (χ1v) is 8.40. The van der Waals surface area contributed by atoms with Gasteiger partial charge in [-0.2, -0.15) is 0 Å². The van der Waals surface area contributed by atoms with E-state index in [-0.39, 0.29) is 16.6 Å². The number of aromatic nitrogens is 1. The van der Waals surface area contributed by atoms with Gasteiger partial charge in [-0.05, 0) is 37.6 Å². The molecule has 1 atom stereocenters. The molecular formula is C15H15N3O4S. The van der Waals surface area contributed by atoms with Gasteiger partial charge in [-0.15, -0.1) is 0 Å². The molecule has 1 aromatic carbocycles. The van der Waals surface area contributed by atoms with E-state index in [1.54, 1.807) is 25.3 Å². The Morgan fingerprint density at radius 2 is 2.04 bits per heavy atom. The summed E-state index contributed by atoms with van der Waals surface area (Å²) in [7, 11) is -3.80. The summed E-state index contributed by atoms with van der Waals surface area (Å²) in [5.41, 5.74) is 1.38. The first kappa shape index (κ1) is 15.3. The third-order valence-corrected chi connectivity index (χ3v) is 4.70. The first-order valence-electron chi connectivity index (χ1n) is 6.92. The summed E-state index contributed by atoms with van der Waals surface area (Å²) in [4.78, 5) is 15.6. The SMILES string of the molecule is Cc1ccc(NS(=O)(=O)c2ccc3c(c2)O[C@@H](C)C(=O)N3)nc1. The third kappa shape index (κ3) is 3.11. The number of carbonyl (C=O) groups excluding carboxylic acids is 1. The Kier molecular flexibility index (Phi) is 3.69. The highest BCUT2D eigenvalue weighted by Crippen LogP contribution is 2.32. The van der Waals surface area contributed by atoms with Crippen molar-refractivity contribution in [3.05, 3.63) is 42.1 Å². The van der Waals surface area contributed by atoms with Crippen molar-refractivity contribution in [2.24, 2.45) is 0 Å². The van der Waals surface area contributed by atoms with Gasteiger partial charge < -0.3 is 10.1 Å². The molecule has 1 aliphatic rings. The van der Waals surface area contributed by atoms with E-state index in [0.29, 0.717) is 11.4 Å². The Bertz CT molecular complexity index is 863. The third-order valence-electron chi connectivity index (χ3n) is 3.34. The number of rotatable bonds is 3. The number of amides is 1. The minimum absolute atomic E-state index is 0.0296. The molecule has 1 amide bonds. The van der Waals surface area contributed by atoms with Gasteiger partial charge >= 0.3 is 0 Å². The summed E-state index contributed by atoms with van der Waals surface area (Å²) >= 11 is 0. The summed E-state index contributed by atoms with van der Waals surface area (Å²) in [6.07, 6.45) is 0.901. The molecule has 0 saturated heterocycles. The number of nitrogens with one attached hydrogen (secondary N) is 2. The lowest BCUT2D eigenvalue weighted by Crippen LogP contribution is -2.34. The number of ether oxygens (including phenoxy) is 1. The highest BCUT2D eigenvalue weighted by atomic mass is 32.2. The molecule has 2 N–H and O–H groups in total. The van der Waals surface area contributed by atoms with Crippen molar-refractivity contribution in [2.75, 3.05) is 10.0 Å². The number of hydrogen-bond acceptors (Lipinski definition) is 5. The van der Waals surface area contributed by atoms with Gasteiger partial charge in [-0.25, -0.2) is 13.4 Å². The molecule has 8 heteroatoms. The molecule has 0 radical (unpaired) electrons. The van der Waals surface area contributed by atoms with Crippen LogP contribution in [0.1, 0.15) is 12.5 Å². The van der Waals surface area contributed by atoms with Gasteiger partial charge in [-0.1, -0.05) is 6.07 Å². The van der Waals surface area contributed by atoms with Crippen LogP contribution in [0.25, 0.3) is 0 Å². The van der Waals surface area contributed by atoms with Crippen molar-refractivity contribution in [1.29, 1.82) is 0 Å². The van der Waals surface area contributed by atoms with Gasteiger partial charge in [0.25, 0.3) is 15.9 Å². The molecule has 0 spiro atoms. The predicted octanol–water partition coefficient (Wildman–Crippen LogP) is 1.91. The highest BCUT2D eigenvalue weighted by molar-refractivity contribution is 7.92. The number of nitrogens with zero attached hydrogens (tertiary/aromatic N) is 1. The summed E-state index contributed by atoms with van der Waals surface area (Å²) < 4.78 is 32.7. The van der Waals surface area contributed by atoms with Crippen molar-refractivity contribution >= 4 is 27.4 Å². The molecule has 1 aliphatic heterocycles. The Morgan fingerprint density at radius 3 is 2.74 bits per heavy atom. The molecule has 120 valence electrons. The van der Waals surface area contributed by atoms with Crippen LogP contribution in [-0.2, 0) is 14.8 Å². The van der Waals surface area contributed by atoms with Crippen LogP contribution in [0, 0.1) is 6.92 Å². The standard InChI is InChI=1S/C15H15N3O4S/c1-9-3-6-14(16-8-9)18-23(20,21)11-4-5-12-13(7-11)22-10(2)15(19)17-12/h3-8,10H,1-2H3,(H,16,18)(H,17,19)/t10-/m0/s1. The van der Waals surface area contributed by atoms with E-state index in [1.165, 1.54) is 18.2 Å². The molecule has 23 heavy (non-hydrogen) atoms. The summed E-state index contributed by atoms with van der Waals surface area (Å²) in [5.74, 6) is 0.280. The molecule has 0 unspecified atom stereocenters. The molecule has 3 rings (SSSR count). The Balaban J connectivity index is 1.90. The fourth-order valence-corrected chi connectivity index (χ4v) is 3.10. The van der Waals surface area contributed by atoms with Gasteiger partial charge in [0.2, 0.25) is 0 Å². The fraction of sp³-hybridized carbons (Fsp3) is 0.200. The number of anilines is 2. The maximum atomic E-state index is 12.4. The molecule has 0 bridgehead atoms. The number of sulfonamides is 1. The monoisotopic (exact) mass is 333 g/mol. The van der Waals surface area contributed by atoms with E-state index < -0.39 is 16.1 Å². The number of aryl methyl sites for hydroxylation is 1. The van der Waals surface area contributed by atoms with Crippen LogP contribution < -0.4 is 14.8 Å². The molecule has 7 nitrogen and oxygen atoms in total. The van der Waals surface area contributed by atoms with E-state index >= 15 is 0 Å². The normalized spacial score (nSPS) is 17.0. The fourth-order valence-electron chi connectivity index (χ4n) is 2.07. The average Bonchev–Trinajstić information content (AvgIpc) is 2.50. The summed E-state index contributed by atoms with van der Waals surface area (Å²) in [6, 6.07) is 7.62. The number of pyridine rings is 1. The summed E-state index contributed by atoms with van der Waals surface area (Å²) in [5, 5.41) is 2.65. The van der Waals surface area contributed by atoms with Crippen LogP contribution >= 0.6 is 0 Å². The molecule has 0 fully saturated rings. The second-order valence-electron chi connectivity index (χ2n) is 5.23. The van der Waals surface area contributed by atoms with Crippen LogP contribution in [0.5, 0.6) is 5.75 Å². The lowest BCUT2D eigenvalue weighted by Gasteiger charge is -2.23. The van der Waals surface area contributed by atoms with E-state index in [1.807, 2.05) is 6.92 Å². The van der Waals surface area contributed by atoms with Crippen molar-refractivity contribution < 1.29 is 17.9 Å². The van der Waals surface area contributed by atoms with Crippen LogP contribution in [0.15, 0.2) is 41.4 Å². The van der Waals surface area contributed by atoms with E-state index in [9.17, 15) is 13.2 Å². The first-order chi connectivity index (χ1) is 10.8. The molecule has 1 aromatic heterocycles. The maximum Gasteiger partial charge on any atom is 0.265 e. The minimum atomic E-state index is -3.80. The minimum Gasteiger partial charge on any atom is -0.479 e. The molecule has 0 aliphatic carbocycles. The maximum absolute atomic E-state index is 12.4. The van der Waals surface area contributed by atoms with Crippen LogP contribution in [0.2, 0.25) is 0 Å². The quantitative estimate of drug-likeness (QED) is 0.894. The van der Waals surface area contributed by atoms with E-state index in [2.05, 4.69) is 15.0 Å². The molecule has 2 aromatic rings. The molecular weight excluding hydrogens is 318 g/mol. The zero-order valence-electron chi connectivity index (χ0n) is 12.5. The number of benzene rings is 1. The smallest absolute Gasteiger partial charge is 0.265 e. The number of fused-ring (bicyclic) bond motifs is 1. The van der Waals surface area contributed by atoms with Gasteiger partial charge in [0, 0.05) is 12.3 Å². The van der Waals surface area contributed by atoms with Crippen molar-refractivity contribution in [3.63, 3.8) is 0 Å².